The summed E-state index contributed by atoms with van der Waals surface area (Å²) in [5, 5.41) is 15.1. The molecule has 0 bridgehead atoms. The van der Waals surface area contributed by atoms with Gasteiger partial charge in [-0.25, -0.2) is 0 Å². The molecule has 114 valence electrons. The fourth-order valence-electron chi connectivity index (χ4n) is 1.88. The molecule has 1 N–H and O–H groups in total. The Bertz CT molecular complexity index is 679. The van der Waals surface area contributed by atoms with Crippen LogP contribution in [-0.4, -0.2) is 17.1 Å². The predicted molar refractivity (Wildman–Crippen MR) is 79.3 cm³/mol. The molecule has 1 unspecified atom stereocenters. The molecule has 22 heavy (non-hydrogen) atoms. The molecule has 0 aliphatic rings. The van der Waals surface area contributed by atoms with Gasteiger partial charge in [0.05, 0.1) is 17.3 Å². The van der Waals surface area contributed by atoms with Gasteiger partial charge in [0.1, 0.15) is 24.2 Å². The van der Waals surface area contributed by atoms with Crippen molar-refractivity contribution in [1.29, 1.82) is 5.26 Å². The first-order chi connectivity index (χ1) is 10.5. The highest BCUT2D eigenvalue weighted by atomic mass is 16.5. The fraction of sp³-hybridized carbons (Fsp3) is 0.312. The minimum Gasteiger partial charge on any atom is -0.489 e. The van der Waals surface area contributed by atoms with E-state index in [2.05, 4.69) is 10.5 Å². The Morgan fingerprint density at radius 3 is 2.64 bits per heavy atom. The van der Waals surface area contributed by atoms with E-state index in [9.17, 15) is 4.79 Å². The normalized spacial score (nSPS) is 11.5. The van der Waals surface area contributed by atoms with Crippen molar-refractivity contribution in [1.82, 2.24) is 10.5 Å². The molecule has 1 aromatic heterocycles. The molecule has 0 saturated carbocycles. The van der Waals surface area contributed by atoms with E-state index in [0.29, 0.717) is 17.9 Å². The summed E-state index contributed by atoms with van der Waals surface area (Å²) in [6.45, 7) is 5.68. The van der Waals surface area contributed by atoms with E-state index >= 15 is 0 Å². The molecule has 2 aromatic rings. The molecular formula is C16H17N3O3. The van der Waals surface area contributed by atoms with Crippen LogP contribution in [0.15, 0.2) is 28.8 Å². The van der Waals surface area contributed by atoms with Crippen LogP contribution in [0.25, 0.3) is 0 Å². The molecule has 1 heterocycles. The zero-order valence-corrected chi connectivity index (χ0v) is 12.7. The number of hydrogen-bond acceptors (Lipinski definition) is 5. The van der Waals surface area contributed by atoms with Crippen molar-refractivity contribution in [3.8, 4) is 11.8 Å². The molecule has 1 amide bonds. The summed E-state index contributed by atoms with van der Waals surface area (Å²) in [4.78, 5) is 11.8. The monoisotopic (exact) mass is 299 g/mol. The third-order valence-electron chi connectivity index (χ3n) is 3.22. The second-order valence-electron chi connectivity index (χ2n) is 4.94. The van der Waals surface area contributed by atoms with Gasteiger partial charge in [0.15, 0.2) is 0 Å². The van der Waals surface area contributed by atoms with E-state index in [4.69, 9.17) is 14.5 Å². The Labute approximate surface area is 128 Å². The van der Waals surface area contributed by atoms with Gasteiger partial charge in [-0.05, 0) is 45.0 Å². The lowest BCUT2D eigenvalue weighted by Crippen LogP contribution is -2.31. The highest BCUT2D eigenvalue weighted by Gasteiger charge is 2.11. The van der Waals surface area contributed by atoms with Crippen molar-refractivity contribution in [2.24, 2.45) is 0 Å². The maximum absolute atomic E-state index is 11.8. The minimum absolute atomic E-state index is 0.286. The Morgan fingerprint density at radius 1 is 1.41 bits per heavy atom. The largest absolute Gasteiger partial charge is 0.489 e. The number of rotatable bonds is 5. The molecule has 0 aliphatic heterocycles. The number of nitriles is 1. The summed E-state index contributed by atoms with van der Waals surface area (Å²) in [7, 11) is 0. The number of hydrogen-bond donors (Lipinski definition) is 1. The Hall–Kier alpha value is -2.81. The molecule has 1 aromatic carbocycles. The van der Waals surface area contributed by atoms with E-state index in [-0.39, 0.29) is 5.91 Å². The number of benzene rings is 1. The van der Waals surface area contributed by atoms with Crippen LogP contribution in [0.5, 0.6) is 5.75 Å². The third-order valence-corrected chi connectivity index (χ3v) is 3.22. The lowest BCUT2D eigenvalue weighted by molar-refractivity contribution is 0.0948. The van der Waals surface area contributed by atoms with Crippen LogP contribution in [0.4, 0.5) is 0 Å². The smallest absolute Gasteiger partial charge is 0.252 e. The quantitative estimate of drug-likeness (QED) is 0.916. The first-order valence-corrected chi connectivity index (χ1v) is 6.86. The zero-order valence-electron chi connectivity index (χ0n) is 12.7. The highest BCUT2D eigenvalue weighted by molar-refractivity contribution is 5.94. The predicted octanol–water partition coefficient (Wildman–Crippen LogP) is 2.51. The third kappa shape index (κ3) is 3.64. The Morgan fingerprint density at radius 2 is 2.09 bits per heavy atom. The number of carbonyl (C=O) groups is 1. The summed E-state index contributed by atoms with van der Waals surface area (Å²) >= 11 is 0. The molecule has 6 heteroatoms. The average Bonchev–Trinajstić information content (AvgIpc) is 2.84. The maximum Gasteiger partial charge on any atom is 0.252 e. The standard InChI is InChI=1S/C16H17N3O3/c1-10(8-17)18-16(20)13-4-6-14(7-5-13)21-9-15-11(2)19-22-12(15)3/h4-7,10H,9H2,1-3H3,(H,18,20). The van der Waals surface area contributed by atoms with E-state index in [1.807, 2.05) is 19.9 Å². The highest BCUT2D eigenvalue weighted by Crippen LogP contribution is 2.18. The number of ether oxygens (including phenoxy) is 1. The number of aromatic nitrogens is 1. The number of nitrogens with one attached hydrogen (secondary N) is 1. The number of aryl methyl sites for hydroxylation is 2. The van der Waals surface area contributed by atoms with Gasteiger partial charge in [0, 0.05) is 5.56 Å². The number of carbonyl (C=O) groups excluding carboxylic acids is 1. The molecular weight excluding hydrogens is 282 g/mol. The van der Waals surface area contributed by atoms with Gasteiger partial charge < -0.3 is 14.6 Å². The Balaban J connectivity index is 1.98. The summed E-state index contributed by atoms with van der Waals surface area (Å²) in [5.41, 5.74) is 2.20. The summed E-state index contributed by atoms with van der Waals surface area (Å²) < 4.78 is 10.7. The first-order valence-electron chi connectivity index (χ1n) is 6.86. The molecule has 2 rings (SSSR count). The molecule has 0 aliphatic carbocycles. The van der Waals surface area contributed by atoms with Gasteiger partial charge in [-0.2, -0.15) is 5.26 Å². The van der Waals surface area contributed by atoms with Crippen molar-refractivity contribution in [2.45, 2.75) is 33.4 Å². The van der Waals surface area contributed by atoms with Crippen LogP contribution < -0.4 is 10.1 Å². The van der Waals surface area contributed by atoms with Gasteiger partial charge in [-0.15, -0.1) is 0 Å². The van der Waals surface area contributed by atoms with Crippen LogP contribution >= 0.6 is 0 Å². The van der Waals surface area contributed by atoms with Crippen molar-refractivity contribution >= 4 is 5.91 Å². The fourth-order valence-corrected chi connectivity index (χ4v) is 1.88. The summed E-state index contributed by atoms with van der Waals surface area (Å²) in [6.07, 6.45) is 0. The lowest BCUT2D eigenvalue weighted by atomic mass is 10.2. The van der Waals surface area contributed by atoms with Crippen molar-refractivity contribution < 1.29 is 14.1 Å². The second kappa shape index (κ2) is 6.76. The lowest BCUT2D eigenvalue weighted by Gasteiger charge is -2.08. The van der Waals surface area contributed by atoms with Gasteiger partial charge in [0.25, 0.3) is 5.91 Å². The SMILES string of the molecule is Cc1noc(C)c1COc1ccc(C(=O)NC(C)C#N)cc1. The average molecular weight is 299 g/mol. The van der Waals surface area contributed by atoms with Gasteiger partial charge in [-0.1, -0.05) is 5.16 Å². The summed E-state index contributed by atoms with van der Waals surface area (Å²) in [6, 6.07) is 8.16. The van der Waals surface area contributed by atoms with Crippen LogP contribution in [0.2, 0.25) is 0 Å². The van der Waals surface area contributed by atoms with Crippen molar-refractivity contribution in [2.75, 3.05) is 0 Å². The molecule has 0 saturated heterocycles. The minimum atomic E-state index is -0.525. The van der Waals surface area contributed by atoms with Crippen molar-refractivity contribution in [3.05, 3.63) is 46.8 Å². The van der Waals surface area contributed by atoms with Gasteiger partial charge in [-0.3, -0.25) is 4.79 Å². The van der Waals surface area contributed by atoms with E-state index in [1.54, 1.807) is 31.2 Å². The zero-order chi connectivity index (χ0) is 16.1. The first kappa shape index (κ1) is 15.6. The number of nitrogens with zero attached hydrogens (tertiary/aromatic N) is 2. The molecule has 6 nitrogen and oxygen atoms in total. The van der Waals surface area contributed by atoms with Gasteiger partial charge >= 0.3 is 0 Å². The summed E-state index contributed by atoms with van der Waals surface area (Å²) in [5.74, 6) is 1.09. The van der Waals surface area contributed by atoms with E-state index in [1.165, 1.54) is 0 Å². The number of amides is 1. The van der Waals surface area contributed by atoms with Gasteiger partial charge in [0.2, 0.25) is 0 Å². The molecule has 0 spiro atoms. The molecule has 1 atom stereocenters. The Kier molecular flexibility index (Phi) is 4.79. The van der Waals surface area contributed by atoms with Crippen LogP contribution in [0.1, 0.15) is 34.3 Å². The molecule has 0 radical (unpaired) electrons. The topological polar surface area (TPSA) is 88.2 Å². The van der Waals surface area contributed by atoms with E-state index in [0.717, 1.165) is 17.0 Å². The van der Waals surface area contributed by atoms with Crippen LogP contribution in [-0.2, 0) is 6.61 Å². The van der Waals surface area contributed by atoms with E-state index < -0.39 is 6.04 Å². The maximum atomic E-state index is 11.8. The second-order valence-corrected chi connectivity index (χ2v) is 4.94. The van der Waals surface area contributed by atoms with Crippen molar-refractivity contribution in [3.63, 3.8) is 0 Å². The van der Waals surface area contributed by atoms with Crippen LogP contribution in [0.3, 0.4) is 0 Å². The van der Waals surface area contributed by atoms with Crippen LogP contribution in [0, 0.1) is 25.2 Å². The molecule has 0 fully saturated rings.